The van der Waals surface area contributed by atoms with E-state index in [1.54, 1.807) is 19.2 Å². The van der Waals surface area contributed by atoms with E-state index < -0.39 is 5.91 Å². The van der Waals surface area contributed by atoms with Crippen molar-refractivity contribution < 1.29 is 19.5 Å². The highest BCUT2D eigenvalue weighted by Crippen LogP contribution is 2.32. The van der Waals surface area contributed by atoms with E-state index in [2.05, 4.69) is 0 Å². The highest BCUT2D eigenvalue weighted by molar-refractivity contribution is 5.93. The lowest BCUT2D eigenvalue weighted by Crippen LogP contribution is -2.28. The summed E-state index contributed by atoms with van der Waals surface area (Å²) in [7, 11) is 1.60. The third kappa shape index (κ3) is 2.77. The van der Waals surface area contributed by atoms with Gasteiger partial charge in [-0.05, 0) is 12.1 Å². The number of hydrogen-bond donors (Lipinski definition) is 1. The Labute approximate surface area is 110 Å². The van der Waals surface area contributed by atoms with Gasteiger partial charge in [0.2, 0.25) is 5.91 Å². The normalized spacial score (nSPS) is 10.3. The van der Waals surface area contributed by atoms with E-state index in [4.69, 9.17) is 9.47 Å². The second-order valence-electron chi connectivity index (χ2n) is 4.00. The molecule has 0 aliphatic heterocycles. The molecule has 2 aromatic carbocycles. The van der Waals surface area contributed by atoms with E-state index in [1.165, 1.54) is 6.92 Å². The first-order valence-corrected chi connectivity index (χ1v) is 5.79. The van der Waals surface area contributed by atoms with Gasteiger partial charge in [0, 0.05) is 17.7 Å². The Bertz CT molecular complexity index is 597. The summed E-state index contributed by atoms with van der Waals surface area (Å²) in [6.45, 7) is 1.04. The van der Waals surface area contributed by atoms with E-state index >= 15 is 0 Å². The summed E-state index contributed by atoms with van der Waals surface area (Å²) >= 11 is 0. The maximum absolute atomic E-state index is 10.9. The Hall–Kier alpha value is -2.27. The van der Waals surface area contributed by atoms with E-state index in [9.17, 15) is 10.0 Å². The van der Waals surface area contributed by atoms with Crippen LogP contribution in [0.1, 0.15) is 6.92 Å². The van der Waals surface area contributed by atoms with Crippen LogP contribution in [0.2, 0.25) is 0 Å². The van der Waals surface area contributed by atoms with Gasteiger partial charge in [0.1, 0.15) is 11.5 Å². The SMILES string of the molecule is COc1ccc(OCN(O)C(C)=O)c2ccccc12. The number of methoxy groups -OCH3 is 1. The van der Waals surface area contributed by atoms with Crippen molar-refractivity contribution >= 4 is 16.7 Å². The molecule has 5 heteroatoms. The third-order valence-electron chi connectivity index (χ3n) is 2.77. The topological polar surface area (TPSA) is 59.0 Å². The number of amides is 1. The predicted octanol–water partition coefficient (Wildman–Crippen LogP) is 2.42. The van der Waals surface area contributed by atoms with Gasteiger partial charge >= 0.3 is 0 Å². The Morgan fingerprint density at radius 2 is 1.74 bits per heavy atom. The molecule has 1 N–H and O–H groups in total. The van der Waals surface area contributed by atoms with Crippen LogP contribution >= 0.6 is 0 Å². The molecule has 5 nitrogen and oxygen atoms in total. The highest BCUT2D eigenvalue weighted by atomic mass is 16.6. The molecule has 0 spiro atoms. The molecular formula is C14H15NO4. The van der Waals surface area contributed by atoms with Gasteiger partial charge in [-0.3, -0.25) is 10.0 Å². The molecule has 0 unspecified atom stereocenters. The zero-order chi connectivity index (χ0) is 13.8. The summed E-state index contributed by atoms with van der Waals surface area (Å²) in [5, 5.41) is 11.6. The lowest BCUT2D eigenvalue weighted by molar-refractivity contribution is -0.174. The Kier molecular flexibility index (Phi) is 3.87. The number of hydroxylamine groups is 2. The first-order chi connectivity index (χ1) is 9.13. The number of fused-ring (bicyclic) bond motifs is 1. The molecule has 19 heavy (non-hydrogen) atoms. The van der Waals surface area contributed by atoms with Gasteiger partial charge in [-0.1, -0.05) is 24.3 Å². The lowest BCUT2D eigenvalue weighted by atomic mass is 10.1. The monoisotopic (exact) mass is 261 g/mol. The number of rotatable bonds is 4. The highest BCUT2D eigenvalue weighted by Gasteiger charge is 2.09. The molecule has 2 rings (SSSR count). The molecular weight excluding hydrogens is 246 g/mol. The second-order valence-corrected chi connectivity index (χ2v) is 4.00. The first-order valence-electron chi connectivity index (χ1n) is 5.79. The fourth-order valence-electron chi connectivity index (χ4n) is 1.77. The molecule has 0 bridgehead atoms. The van der Waals surface area contributed by atoms with Crippen molar-refractivity contribution in [2.24, 2.45) is 0 Å². The van der Waals surface area contributed by atoms with E-state index in [-0.39, 0.29) is 6.73 Å². The van der Waals surface area contributed by atoms with Gasteiger partial charge in [0.05, 0.1) is 7.11 Å². The summed E-state index contributed by atoms with van der Waals surface area (Å²) in [4.78, 5) is 10.9. The van der Waals surface area contributed by atoms with Gasteiger partial charge in [0.15, 0.2) is 6.73 Å². The van der Waals surface area contributed by atoms with Crippen molar-refractivity contribution in [3.8, 4) is 11.5 Å². The van der Waals surface area contributed by atoms with Crippen LogP contribution in [0, 0.1) is 0 Å². The van der Waals surface area contributed by atoms with E-state index in [0.717, 1.165) is 16.5 Å². The van der Waals surface area contributed by atoms with Crippen molar-refractivity contribution in [3.05, 3.63) is 36.4 Å². The van der Waals surface area contributed by atoms with Crippen molar-refractivity contribution in [2.45, 2.75) is 6.92 Å². The summed E-state index contributed by atoms with van der Waals surface area (Å²) in [6, 6.07) is 11.1. The van der Waals surface area contributed by atoms with Crippen molar-refractivity contribution in [1.82, 2.24) is 5.06 Å². The molecule has 0 saturated heterocycles. The molecule has 2 aromatic rings. The van der Waals surface area contributed by atoms with Gasteiger partial charge in [-0.2, -0.15) is 5.06 Å². The summed E-state index contributed by atoms with van der Waals surface area (Å²) in [5.74, 6) is 0.852. The first kappa shape index (κ1) is 13.2. The molecule has 0 aromatic heterocycles. The standard InChI is InChI=1S/C14H15NO4/c1-10(16)15(17)9-19-14-8-7-13(18-2)11-5-3-4-6-12(11)14/h3-8,17H,9H2,1-2H3. The van der Waals surface area contributed by atoms with Gasteiger partial charge < -0.3 is 9.47 Å². The molecule has 1 amide bonds. The average Bonchev–Trinajstić information content (AvgIpc) is 2.44. The minimum atomic E-state index is -0.474. The zero-order valence-electron chi connectivity index (χ0n) is 10.8. The maximum Gasteiger partial charge on any atom is 0.245 e. The van der Waals surface area contributed by atoms with Crippen LogP contribution in [0.4, 0.5) is 0 Å². The number of carbonyl (C=O) groups is 1. The Balaban J connectivity index is 2.32. The minimum Gasteiger partial charge on any atom is -0.496 e. The van der Waals surface area contributed by atoms with Gasteiger partial charge in [-0.15, -0.1) is 0 Å². The van der Waals surface area contributed by atoms with Crippen LogP contribution in [0.15, 0.2) is 36.4 Å². The van der Waals surface area contributed by atoms with Crippen LogP contribution in [-0.4, -0.2) is 30.0 Å². The van der Waals surface area contributed by atoms with Crippen molar-refractivity contribution in [2.75, 3.05) is 13.8 Å². The van der Waals surface area contributed by atoms with Crippen molar-refractivity contribution in [1.29, 1.82) is 0 Å². The Morgan fingerprint density at radius 1 is 1.16 bits per heavy atom. The molecule has 0 aliphatic carbocycles. The number of carbonyl (C=O) groups excluding carboxylic acids is 1. The van der Waals surface area contributed by atoms with Gasteiger partial charge in [-0.25, -0.2) is 0 Å². The predicted molar refractivity (Wildman–Crippen MR) is 70.3 cm³/mol. The van der Waals surface area contributed by atoms with Crippen LogP contribution in [0.3, 0.4) is 0 Å². The fourth-order valence-corrected chi connectivity index (χ4v) is 1.77. The summed E-state index contributed by atoms with van der Waals surface area (Å²) < 4.78 is 10.7. The minimum absolute atomic E-state index is 0.217. The quantitative estimate of drug-likeness (QED) is 0.521. The fraction of sp³-hybridized carbons (Fsp3) is 0.214. The van der Waals surface area contributed by atoms with Crippen molar-refractivity contribution in [3.63, 3.8) is 0 Å². The number of hydrogen-bond acceptors (Lipinski definition) is 4. The molecule has 0 fully saturated rings. The van der Waals surface area contributed by atoms with Crippen LogP contribution in [0.25, 0.3) is 10.8 Å². The molecule has 0 heterocycles. The average molecular weight is 261 g/mol. The number of benzene rings is 2. The maximum atomic E-state index is 10.9. The largest absolute Gasteiger partial charge is 0.496 e. The van der Waals surface area contributed by atoms with Crippen LogP contribution in [-0.2, 0) is 4.79 Å². The summed E-state index contributed by atoms with van der Waals surface area (Å²) in [5.41, 5.74) is 0. The molecule has 100 valence electrons. The lowest BCUT2D eigenvalue weighted by Gasteiger charge is -2.15. The van der Waals surface area contributed by atoms with Gasteiger partial charge in [0.25, 0.3) is 0 Å². The third-order valence-corrected chi connectivity index (χ3v) is 2.77. The van der Waals surface area contributed by atoms with E-state index in [1.807, 2.05) is 24.3 Å². The van der Waals surface area contributed by atoms with Crippen LogP contribution < -0.4 is 9.47 Å². The second kappa shape index (κ2) is 5.58. The molecule has 0 saturated carbocycles. The molecule has 0 aliphatic rings. The summed E-state index contributed by atoms with van der Waals surface area (Å²) in [6.07, 6.45) is 0. The number of ether oxygens (including phenoxy) is 2. The number of nitrogens with zero attached hydrogens (tertiary/aromatic N) is 1. The van der Waals surface area contributed by atoms with E-state index in [0.29, 0.717) is 10.8 Å². The molecule has 0 radical (unpaired) electrons. The van der Waals surface area contributed by atoms with Crippen LogP contribution in [0.5, 0.6) is 11.5 Å². The zero-order valence-corrected chi connectivity index (χ0v) is 10.8. The Morgan fingerprint density at radius 3 is 2.32 bits per heavy atom. The smallest absolute Gasteiger partial charge is 0.245 e. The molecule has 0 atom stereocenters.